The van der Waals surface area contributed by atoms with E-state index in [2.05, 4.69) is 13.8 Å². The average molecular weight is 326 g/mol. The minimum atomic E-state index is -0.735. The first kappa shape index (κ1) is 18.6. The van der Waals surface area contributed by atoms with Crippen molar-refractivity contribution in [2.45, 2.75) is 78.2 Å². The third-order valence-electron chi connectivity index (χ3n) is 5.41. The minimum Gasteiger partial charge on any atom is -0.370 e. The van der Waals surface area contributed by atoms with E-state index in [0.29, 0.717) is 12.2 Å². The summed E-state index contributed by atoms with van der Waals surface area (Å²) in [4.78, 5) is 0. The van der Waals surface area contributed by atoms with Crippen molar-refractivity contribution in [1.82, 2.24) is 0 Å². The van der Waals surface area contributed by atoms with Crippen LogP contribution in [0.15, 0.2) is 23.3 Å². The molecule has 0 radical (unpaired) electrons. The summed E-state index contributed by atoms with van der Waals surface area (Å²) in [7, 11) is 0. The summed E-state index contributed by atoms with van der Waals surface area (Å²) >= 11 is 0. The maximum Gasteiger partial charge on any atom is 0.165 e. The summed E-state index contributed by atoms with van der Waals surface area (Å²) in [5, 5.41) is 0. The largest absolute Gasteiger partial charge is 0.370 e. The summed E-state index contributed by atoms with van der Waals surface area (Å²) in [5.74, 6) is -0.437. The number of rotatable bonds is 7. The van der Waals surface area contributed by atoms with Crippen LogP contribution in [-0.4, -0.2) is 12.7 Å². The van der Waals surface area contributed by atoms with E-state index in [-0.39, 0.29) is 11.8 Å². The highest BCUT2D eigenvalue weighted by Crippen LogP contribution is 2.43. The Morgan fingerprint density at radius 1 is 1.09 bits per heavy atom. The lowest BCUT2D eigenvalue weighted by molar-refractivity contribution is 0.0332. The molecule has 2 aliphatic carbocycles. The van der Waals surface area contributed by atoms with Crippen LogP contribution in [0.25, 0.3) is 0 Å². The molecule has 0 amide bonds. The van der Waals surface area contributed by atoms with Gasteiger partial charge < -0.3 is 4.74 Å². The van der Waals surface area contributed by atoms with Crippen molar-refractivity contribution in [3.63, 3.8) is 0 Å². The predicted molar refractivity (Wildman–Crippen MR) is 91.5 cm³/mol. The molecule has 0 spiro atoms. The number of hydrogen-bond donors (Lipinski definition) is 0. The second-order valence-corrected chi connectivity index (χ2v) is 7.29. The van der Waals surface area contributed by atoms with Crippen molar-refractivity contribution in [2.75, 3.05) is 6.61 Å². The summed E-state index contributed by atoms with van der Waals surface area (Å²) in [5.41, 5.74) is 0.611. The van der Waals surface area contributed by atoms with Crippen LogP contribution in [0.4, 0.5) is 8.78 Å². The third-order valence-corrected chi connectivity index (χ3v) is 5.41. The van der Waals surface area contributed by atoms with Crippen molar-refractivity contribution in [3.8, 4) is 0 Å². The van der Waals surface area contributed by atoms with Gasteiger partial charge in [0.1, 0.15) is 6.10 Å². The lowest BCUT2D eigenvalue weighted by Gasteiger charge is -2.33. The molecule has 2 unspecified atom stereocenters. The van der Waals surface area contributed by atoms with Gasteiger partial charge in [-0.15, -0.1) is 0 Å². The SMILES string of the molecule is CCCCOC1C(F)=C(F)C(C2CCC(CCC)CC2)=CC1C. The Morgan fingerprint density at radius 2 is 1.78 bits per heavy atom. The fraction of sp³-hybridized carbons (Fsp3) is 0.800. The summed E-state index contributed by atoms with van der Waals surface area (Å²) in [6, 6.07) is 0. The molecule has 0 heterocycles. The number of allylic oxidation sites excluding steroid dienone is 2. The van der Waals surface area contributed by atoms with Gasteiger partial charge in [0.25, 0.3) is 0 Å². The van der Waals surface area contributed by atoms with Gasteiger partial charge in [-0.05, 0) is 49.5 Å². The van der Waals surface area contributed by atoms with Gasteiger partial charge in [-0.2, -0.15) is 0 Å². The van der Waals surface area contributed by atoms with Crippen LogP contribution < -0.4 is 0 Å². The van der Waals surface area contributed by atoms with E-state index < -0.39 is 17.8 Å². The molecule has 0 aromatic carbocycles. The third kappa shape index (κ3) is 4.65. The molecule has 0 aromatic heterocycles. The Bertz CT molecular complexity index is 433. The van der Waals surface area contributed by atoms with Crippen LogP contribution in [0, 0.1) is 17.8 Å². The molecule has 1 fully saturated rings. The molecule has 2 atom stereocenters. The lowest BCUT2D eigenvalue weighted by atomic mass is 9.74. The van der Waals surface area contributed by atoms with Crippen LogP contribution in [0.2, 0.25) is 0 Å². The molecule has 23 heavy (non-hydrogen) atoms. The summed E-state index contributed by atoms with van der Waals surface area (Å²) < 4.78 is 34.6. The Balaban J connectivity index is 2.00. The highest BCUT2D eigenvalue weighted by molar-refractivity contribution is 5.37. The molecule has 132 valence electrons. The van der Waals surface area contributed by atoms with E-state index in [1.165, 1.54) is 12.8 Å². The molecule has 2 rings (SSSR count). The standard InChI is InChI=1S/C20H32F2O/c1-4-6-12-23-20-14(3)13-17(18(21)19(20)22)16-10-8-15(7-5-2)9-11-16/h13-16,20H,4-12H2,1-3H3. The van der Waals surface area contributed by atoms with Crippen molar-refractivity contribution in [1.29, 1.82) is 0 Å². The number of unbranched alkanes of at least 4 members (excludes halogenated alkanes) is 1. The maximum absolute atomic E-state index is 14.6. The van der Waals surface area contributed by atoms with Crippen LogP contribution in [-0.2, 0) is 4.74 Å². The average Bonchev–Trinajstić information content (AvgIpc) is 2.55. The molecule has 0 aliphatic heterocycles. The molecular formula is C20H32F2O. The predicted octanol–water partition coefficient (Wildman–Crippen LogP) is 6.50. The molecular weight excluding hydrogens is 294 g/mol. The molecule has 1 nitrogen and oxygen atoms in total. The van der Waals surface area contributed by atoms with Crippen LogP contribution in [0.1, 0.15) is 72.1 Å². The maximum atomic E-state index is 14.6. The van der Waals surface area contributed by atoms with Crippen molar-refractivity contribution >= 4 is 0 Å². The zero-order valence-electron chi connectivity index (χ0n) is 14.9. The fourth-order valence-electron chi connectivity index (χ4n) is 4.00. The molecule has 3 heteroatoms. The zero-order chi connectivity index (χ0) is 16.8. The first-order valence-corrected chi connectivity index (χ1v) is 9.47. The Hall–Kier alpha value is -0.700. The van der Waals surface area contributed by atoms with Crippen LogP contribution in [0.5, 0.6) is 0 Å². The Labute approximate surface area is 140 Å². The van der Waals surface area contributed by atoms with Gasteiger partial charge in [0.05, 0.1) is 0 Å². The molecule has 2 aliphatic rings. The monoisotopic (exact) mass is 326 g/mol. The van der Waals surface area contributed by atoms with Crippen molar-refractivity contribution in [3.05, 3.63) is 23.3 Å². The van der Waals surface area contributed by atoms with E-state index >= 15 is 0 Å². The highest BCUT2D eigenvalue weighted by Gasteiger charge is 2.35. The van der Waals surface area contributed by atoms with Crippen molar-refractivity contribution < 1.29 is 13.5 Å². The topological polar surface area (TPSA) is 9.23 Å². The number of halogens is 2. The zero-order valence-corrected chi connectivity index (χ0v) is 14.9. The smallest absolute Gasteiger partial charge is 0.165 e. The summed E-state index contributed by atoms with van der Waals surface area (Å²) in [6.45, 7) is 6.71. The lowest BCUT2D eigenvalue weighted by Crippen LogP contribution is -2.28. The van der Waals surface area contributed by atoms with Crippen LogP contribution in [0.3, 0.4) is 0 Å². The quantitative estimate of drug-likeness (QED) is 0.485. The molecule has 0 bridgehead atoms. The Kier molecular flexibility index (Phi) is 7.26. The highest BCUT2D eigenvalue weighted by atomic mass is 19.2. The van der Waals surface area contributed by atoms with Gasteiger partial charge in [0.2, 0.25) is 0 Å². The molecule has 0 saturated heterocycles. The van der Waals surface area contributed by atoms with Crippen molar-refractivity contribution in [2.24, 2.45) is 17.8 Å². The van der Waals surface area contributed by atoms with Gasteiger partial charge in [0, 0.05) is 12.5 Å². The van der Waals surface area contributed by atoms with E-state index in [1.54, 1.807) is 0 Å². The second-order valence-electron chi connectivity index (χ2n) is 7.29. The van der Waals surface area contributed by atoms with Crippen LogP contribution >= 0.6 is 0 Å². The van der Waals surface area contributed by atoms with Gasteiger partial charge in [0.15, 0.2) is 11.7 Å². The fourth-order valence-corrected chi connectivity index (χ4v) is 4.00. The van der Waals surface area contributed by atoms with E-state index in [9.17, 15) is 8.78 Å². The van der Waals surface area contributed by atoms with Gasteiger partial charge in [-0.1, -0.05) is 46.1 Å². The van der Waals surface area contributed by atoms with Gasteiger partial charge in [-0.3, -0.25) is 0 Å². The van der Waals surface area contributed by atoms with Gasteiger partial charge >= 0.3 is 0 Å². The molecule has 0 aromatic rings. The number of hydrogen-bond acceptors (Lipinski definition) is 1. The minimum absolute atomic E-state index is 0.0882. The summed E-state index contributed by atoms with van der Waals surface area (Å²) in [6.07, 6.45) is 9.84. The number of ether oxygens (including phenoxy) is 1. The van der Waals surface area contributed by atoms with Gasteiger partial charge in [-0.25, -0.2) is 8.78 Å². The normalized spacial score (nSPS) is 32.1. The molecule has 0 N–H and O–H groups in total. The molecule has 1 saturated carbocycles. The first-order valence-electron chi connectivity index (χ1n) is 9.47. The Morgan fingerprint density at radius 3 is 2.39 bits per heavy atom. The van der Waals surface area contributed by atoms with E-state index in [1.807, 2.05) is 13.0 Å². The second kappa shape index (κ2) is 8.96. The van der Waals surface area contributed by atoms with E-state index in [4.69, 9.17) is 4.74 Å². The first-order chi connectivity index (χ1) is 11.1. The van der Waals surface area contributed by atoms with E-state index in [0.717, 1.165) is 44.4 Å².